The minimum Gasteiger partial charge on any atom is -0.381 e. The number of aryl methyl sites for hydroxylation is 1. The zero-order valence-electron chi connectivity index (χ0n) is 10.6. The molecule has 4 heteroatoms. The lowest BCUT2D eigenvalue weighted by atomic mass is 10.1. The molecule has 2 aromatic rings. The summed E-state index contributed by atoms with van der Waals surface area (Å²) in [4.78, 5) is 0. The van der Waals surface area contributed by atoms with Crippen LogP contribution in [0.15, 0.2) is 35.0 Å². The molecule has 2 rings (SSSR count). The molecule has 0 fully saturated rings. The standard InChI is InChI=1S/C14H19N3O/c1-11-3-5-12(6-4-11)9-14-13(10-17-18-14)16-8-2-7-15/h3-6,10,16H,2,7-9,15H2,1H3. The molecule has 0 saturated carbocycles. The molecule has 18 heavy (non-hydrogen) atoms. The molecule has 0 radical (unpaired) electrons. The van der Waals surface area contributed by atoms with Crippen molar-refractivity contribution in [2.24, 2.45) is 5.73 Å². The third kappa shape index (κ3) is 3.34. The van der Waals surface area contributed by atoms with E-state index in [0.29, 0.717) is 6.54 Å². The molecular weight excluding hydrogens is 226 g/mol. The number of nitrogens with zero attached hydrogens (tertiary/aromatic N) is 1. The average Bonchev–Trinajstić information content (AvgIpc) is 2.80. The Morgan fingerprint density at radius 1 is 1.28 bits per heavy atom. The largest absolute Gasteiger partial charge is 0.381 e. The van der Waals surface area contributed by atoms with Gasteiger partial charge >= 0.3 is 0 Å². The second-order valence-electron chi connectivity index (χ2n) is 4.39. The summed E-state index contributed by atoms with van der Waals surface area (Å²) in [6.07, 6.45) is 3.42. The first-order valence-corrected chi connectivity index (χ1v) is 6.22. The first-order valence-electron chi connectivity index (χ1n) is 6.22. The van der Waals surface area contributed by atoms with Gasteiger partial charge in [0.1, 0.15) is 0 Å². The Labute approximate surface area is 107 Å². The van der Waals surface area contributed by atoms with Crippen LogP contribution in [0.1, 0.15) is 23.3 Å². The van der Waals surface area contributed by atoms with Crippen molar-refractivity contribution in [2.45, 2.75) is 19.8 Å². The Balaban J connectivity index is 2.00. The Morgan fingerprint density at radius 3 is 2.78 bits per heavy atom. The third-order valence-electron chi connectivity index (χ3n) is 2.83. The van der Waals surface area contributed by atoms with E-state index in [1.54, 1.807) is 6.20 Å². The van der Waals surface area contributed by atoms with Crippen molar-refractivity contribution >= 4 is 5.69 Å². The van der Waals surface area contributed by atoms with Gasteiger partial charge in [-0.15, -0.1) is 0 Å². The fourth-order valence-electron chi connectivity index (χ4n) is 1.75. The smallest absolute Gasteiger partial charge is 0.164 e. The summed E-state index contributed by atoms with van der Waals surface area (Å²) in [7, 11) is 0. The molecule has 0 atom stereocenters. The number of rotatable bonds is 6. The highest BCUT2D eigenvalue weighted by Gasteiger charge is 2.08. The van der Waals surface area contributed by atoms with Crippen molar-refractivity contribution in [1.82, 2.24) is 5.16 Å². The molecule has 0 aliphatic rings. The molecule has 1 heterocycles. The van der Waals surface area contributed by atoms with E-state index >= 15 is 0 Å². The van der Waals surface area contributed by atoms with Crippen LogP contribution in [-0.2, 0) is 6.42 Å². The van der Waals surface area contributed by atoms with E-state index in [9.17, 15) is 0 Å². The van der Waals surface area contributed by atoms with E-state index < -0.39 is 0 Å². The van der Waals surface area contributed by atoms with Gasteiger partial charge in [-0.3, -0.25) is 0 Å². The van der Waals surface area contributed by atoms with Crippen LogP contribution in [0.5, 0.6) is 0 Å². The Kier molecular flexibility index (Phi) is 4.36. The molecule has 3 N–H and O–H groups in total. The van der Waals surface area contributed by atoms with E-state index in [0.717, 1.165) is 30.8 Å². The molecule has 4 nitrogen and oxygen atoms in total. The lowest BCUT2D eigenvalue weighted by Crippen LogP contribution is -2.08. The second kappa shape index (κ2) is 6.21. The number of aromatic nitrogens is 1. The second-order valence-corrected chi connectivity index (χ2v) is 4.39. The van der Waals surface area contributed by atoms with Gasteiger partial charge in [0.05, 0.1) is 11.9 Å². The Hall–Kier alpha value is -1.81. The lowest BCUT2D eigenvalue weighted by molar-refractivity contribution is 0.390. The van der Waals surface area contributed by atoms with E-state index in [4.69, 9.17) is 10.3 Å². The summed E-state index contributed by atoms with van der Waals surface area (Å²) in [5.74, 6) is 0.871. The Morgan fingerprint density at radius 2 is 2.06 bits per heavy atom. The van der Waals surface area contributed by atoms with Crippen LogP contribution < -0.4 is 11.1 Å². The molecule has 0 unspecified atom stereocenters. The van der Waals surface area contributed by atoms with Gasteiger partial charge in [0.2, 0.25) is 0 Å². The van der Waals surface area contributed by atoms with Crippen molar-refractivity contribution < 1.29 is 4.52 Å². The Bertz CT molecular complexity index is 476. The first-order chi connectivity index (χ1) is 8.79. The SMILES string of the molecule is Cc1ccc(Cc2oncc2NCCCN)cc1. The molecule has 0 aliphatic heterocycles. The average molecular weight is 245 g/mol. The number of benzene rings is 1. The molecule has 0 spiro atoms. The van der Waals surface area contributed by atoms with Gasteiger partial charge in [0.15, 0.2) is 5.76 Å². The van der Waals surface area contributed by atoms with Crippen LogP contribution >= 0.6 is 0 Å². The molecule has 0 bridgehead atoms. The monoisotopic (exact) mass is 245 g/mol. The van der Waals surface area contributed by atoms with Gasteiger partial charge in [-0.2, -0.15) is 0 Å². The zero-order valence-corrected chi connectivity index (χ0v) is 10.6. The number of anilines is 1. The maximum Gasteiger partial charge on any atom is 0.164 e. The van der Waals surface area contributed by atoms with E-state index in [2.05, 4.69) is 41.7 Å². The highest BCUT2D eigenvalue weighted by molar-refractivity contribution is 5.46. The predicted molar refractivity (Wildman–Crippen MR) is 72.6 cm³/mol. The summed E-state index contributed by atoms with van der Waals surface area (Å²) >= 11 is 0. The quantitative estimate of drug-likeness (QED) is 0.767. The summed E-state index contributed by atoms with van der Waals surface area (Å²) in [6, 6.07) is 8.43. The van der Waals surface area contributed by atoms with Crippen LogP contribution in [0.25, 0.3) is 0 Å². The maximum atomic E-state index is 5.46. The molecule has 0 aliphatic carbocycles. The number of nitrogens with one attached hydrogen (secondary N) is 1. The molecule has 1 aromatic carbocycles. The van der Waals surface area contributed by atoms with Crippen molar-refractivity contribution in [2.75, 3.05) is 18.4 Å². The molecule has 1 aromatic heterocycles. The van der Waals surface area contributed by atoms with Crippen LogP contribution in [0.4, 0.5) is 5.69 Å². The van der Waals surface area contributed by atoms with Crippen LogP contribution in [-0.4, -0.2) is 18.2 Å². The minimum absolute atomic E-state index is 0.686. The molecule has 0 amide bonds. The van der Waals surface area contributed by atoms with Gasteiger partial charge in [-0.25, -0.2) is 0 Å². The van der Waals surface area contributed by atoms with E-state index in [1.807, 2.05) is 0 Å². The molecule has 0 saturated heterocycles. The van der Waals surface area contributed by atoms with Crippen LogP contribution in [0.2, 0.25) is 0 Å². The summed E-state index contributed by atoms with van der Waals surface area (Å²) in [5, 5.41) is 7.14. The number of nitrogens with two attached hydrogens (primary N) is 1. The molecular formula is C14H19N3O. The van der Waals surface area contributed by atoms with Gasteiger partial charge in [0, 0.05) is 13.0 Å². The predicted octanol–water partition coefficient (Wildman–Crippen LogP) is 2.33. The molecule has 96 valence electrons. The van der Waals surface area contributed by atoms with Gasteiger partial charge < -0.3 is 15.6 Å². The van der Waals surface area contributed by atoms with Crippen LogP contribution in [0.3, 0.4) is 0 Å². The summed E-state index contributed by atoms with van der Waals surface area (Å²) in [5.41, 5.74) is 8.91. The first kappa shape index (κ1) is 12.6. The number of hydrogen-bond donors (Lipinski definition) is 2. The zero-order chi connectivity index (χ0) is 12.8. The normalized spacial score (nSPS) is 10.6. The fourth-order valence-corrected chi connectivity index (χ4v) is 1.75. The van der Waals surface area contributed by atoms with Crippen molar-refractivity contribution in [3.8, 4) is 0 Å². The van der Waals surface area contributed by atoms with E-state index in [-0.39, 0.29) is 0 Å². The minimum atomic E-state index is 0.686. The van der Waals surface area contributed by atoms with Crippen molar-refractivity contribution in [3.05, 3.63) is 47.3 Å². The maximum absolute atomic E-state index is 5.46. The topological polar surface area (TPSA) is 64.1 Å². The highest BCUT2D eigenvalue weighted by Crippen LogP contribution is 2.19. The van der Waals surface area contributed by atoms with Crippen molar-refractivity contribution in [3.63, 3.8) is 0 Å². The highest BCUT2D eigenvalue weighted by atomic mass is 16.5. The van der Waals surface area contributed by atoms with E-state index in [1.165, 1.54) is 11.1 Å². The van der Waals surface area contributed by atoms with Crippen LogP contribution in [0, 0.1) is 6.92 Å². The number of hydrogen-bond acceptors (Lipinski definition) is 4. The van der Waals surface area contributed by atoms with Gasteiger partial charge in [-0.1, -0.05) is 35.0 Å². The van der Waals surface area contributed by atoms with Gasteiger partial charge in [0.25, 0.3) is 0 Å². The lowest BCUT2D eigenvalue weighted by Gasteiger charge is -2.04. The summed E-state index contributed by atoms with van der Waals surface area (Å²) < 4.78 is 5.29. The fraction of sp³-hybridized carbons (Fsp3) is 0.357. The van der Waals surface area contributed by atoms with Gasteiger partial charge in [-0.05, 0) is 25.5 Å². The van der Waals surface area contributed by atoms with Crippen molar-refractivity contribution in [1.29, 1.82) is 0 Å². The summed E-state index contributed by atoms with van der Waals surface area (Å²) in [6.45, 7) is 3.61. The third-order valence-corrected chi connectivity index (χ3v) is 2.83.